The van der Waals surface area contributed by atoms with Crippen molar-refractivity contribution in [2.24, 2.45) is 0 Å². The number of pyridine rings is 2. The van der Waals surface area contributed by atoms with Gasteiger partial charge in [0.05, 0.1) is 42.0 Å². The number of anilines is 4. The highest BCUT2D eigenvalue weighted by atomic mass is 16.5. The number of nitrogens with zero attached hydrogens (tertiary/aromatic N) is 4. The molecule has 8 nitrogen and oxygen atoms in total. The number of ether oxygens (including phenoxy) is 1. The number of nitrogens with two attached hydrogens (primary N) is 1. The summed E-state index contributed by atoms with van der Waals surface area (Å²) < 4.78 is 5.43. The first-order chi connectivity index (χ1) is 15.6. The third-order valence-electron chi connectivity index (χ3n) is 5.63. The molecule has 0 spiro atoms. The normalized spacial score (nSPS) is 15.3. The van der Waals surface area contributed by atoms with Crippen LogP contribution < -0.4 is 21.3 Å². The molecule has 5 rings (SSSR count). The second kappa shape index (κ2) is 8.32. The van der Waals surface area contributed by atoms with Crippen LogP contribution in [-0.4, -0.2) is 42.2 Å². The number of carbonyl (C=O) groups is 1. The third kappa shape index (κ3) is 3.88. The fraction of sp³-hybridized carbons (Fsp3) is 0.208. The molecule has 0 bridgehead atoms. The summed E-state index contributed by atoms with van der Waals surface area (Å²) in [4.78, 5) is 24.0. The molecule has 4 heterocycles. The van der Waals surface area contributed by atoms with Crippen LogP contribution in [-0.2, 0) is 4.74 Å². The Bertz CT molecular complexity index is 1200. The standard InChI is InChI=1S/C24H23N6O2/c1-15-12-20(27-14-19(15)25)21-13-16-6-7-26-24(31)22(16)23(29-21)28-17-2-4-18(5-3-17)30-8-10-32-11-9-30/h2-7,12-14H,8-11,25H2,1H3,(H,28,29). The van der Waals surface area contributed by atoms with Gasteiger partial charge in [0.2, 0.25) is 0 Å². The van der Waals surface area contributed by atoms with Crippen molar-refractivity contribution in [3.05, 3.63) is 65.5 Å². The quantitative estimate of drug-likeness (QED) is 0.657. The molecule has 0 atom stereocenters. The summed E-state index contributed by atoms with van der Waals surface area (Å²) >= 11 is 0. The number of hydrogen-bond acceptors (Lipinski definition) is 7. The van der Waals surface area contributed by atoms with Gasteiger partial charge < -0.3 is 20.7 Å². The second-order valence-electron chi connectivity index (χ2n) is 7.77. The molecule has 1 fully saturated rings. The molecule has 32 heavy (non-hydrogen) atoms. The third-order valence-corrected chi connectivity index (χ3v) is 5.63. The predicted octanol–water partition coefficient (Wildman–Crippen LogP) is 3.34. The van der Waals surface area contributed by atoms with Crippen molar-refractivity contribution < 1.29 is 9.53 Å². The van der Waals surface area contributed by atoms with Crippen LogP contribution in [0.1, 0.15) is 21.5 Å². The van der Waals surface area contributed by atoms with Crippen molar-refractivity contribution in [1.82, 2.24) is 15.3 Å². The van der Waals surface area contributed by atoms with Crippen LogP contribution in [0.4, 0.5) is 22.9 Å². The van der Waals surface area contributed by atoms with E-state index >= 15 is 0 Å². The van der Waals surface area contributed by atoms with E-state index in [2.05, 4.69) is 32.7 Å². The maximum absolute atomic E-state index is 12.6. The number of aromatic nitrogens is 2. The minimum atomic E-state index is -0.324. The molecule has 2 aliphatic rings. The maximum Gasteiger partial charge on any atom is 0.281 e. The zero-order valence-corrected chi connectivity index (χ0v) is 17.7. The molecule has 161 valence electrons. The van der Waals surface area contributed by atoms with Gasteiger partial charge in [0.25, 0.3) is 5.91 Å². The number of hydrogen-bond donors (Lipinski definition) is 2. The van der Waals surface area contributed by atoms with Crippen LogP contribution >= 0.6 is 0 Å². The van der Waals surface area contributed by atoms with Gasteiger partial charge in [-0.2, -0.15) is 0 Å². The van der Waals surface area contributed by atoms with Gasteiger partial charge >= 0.3 is 0 Å². The maximum atomic E-state index is 12.6. The molecular weight excluding hydrogens is 404 g/mol. The Labute approximate surface area is 186 Å². The molecule has 2 aliphatic heterocycles. The van der Waals surface area contributed by atoms with Crippen LogP contribution in [0.2, 0.25) is 0 Å². The van der Waals surface area contributed by atoms with E-state index in [1.807, 2.05) is 31.2 Å². The average Bonchev–Trinajstić information content (AvgIpc) is 2.82. The SMILES string of the molecule is Cc1cc(-c2cc3c(c(Nc4ccc(N5CCOCC5)cc4)n2)C(=O)[N]C=C3)ncc1N. The fourth-order valence-electron chi connectivity index (χ4n) is 3.81. The number of rotatable bonds is 4. The second-order valence-corrected chi connectivity index (χ2v) is 7.77. The van der Waals surface area contributed by atoms with Crippen molar-refractivity contribution in [1.29, 1.82) is 0 Å². The van der Waals surface area contributed by atoms with Gasteiger partial charge in [-0.05, 0) is 60.5 Å². The lowest BCUT2D eigenvalue weighted by Gasteiger charge is -2.29. The Hall–Kier alpha value is -3.91. The molecule has 0 aliphatic carbocycles. The summed E-state index contributed by atoms with van der Waals surface area (Å²) in [5, 5.41) is 7.23. The molecule has 3 N–H and O–H groups in total. The van der Waals surface area contributed by atoms with Crippen molar-refractivity contribution in [3.8, 4) is 11.4 Å². The molecule has 1 amide bonds. The van der Waals surface area contributed by atoms with Gasteiger partial charge in [0, 0.05) is 30.7 Å². The van der Waals surface area contributed by atoms with E-state index in [-0.39, 0.29) is 5.91 Å². The minimum Gasteiger partial charge on any atom is -0.397 e. The zero-order valence-electron chi connectivity index (χ0n) is 17.7. The molecule has 1 aromatic carbocycles. The lowest BCUT2D eigenvalue weighted by atomic mass is 10.0. The number of fused-ring (bicyclic) bond motifs is 1. The lowest BCUT2D eigenvalue weighted by Crippen LogP contribution is -2.36. The molecule has 2 aromatic heterocycles. The smallest absolute Gasteiger partial charge is 0.281 e. The first-order valence-electron chi connectivity index (χ1n) is 10.5. The van der Waals surface area contributed by atoms with Gasteiger partial charge in [-0.25, -0.2) is 10.3 Å². The van der Waals surface area contributed by atoms with E-state index < -0.39 is 0 Å². The van der Waals surface area contributed by atoms with Gasteiger partial charge in [0.1, 0.15) is 5.82 Å². The number of amides is 1. The Balaban J connectivity index is 1.50. The monoisotopic (exact) mass is 427 g/mol. The molecule has 1 saturated heterocycles. The topological polar surface area (TPSA) is 107 Å². The summed E-state index contributed by atoms with van der Waals surface area (Å²) in [6, 6.07) is 11.8. The van der Waals surface area contributed by atoms with E-state index in [0.717, 1.165) is 48.8 Å². The number of aryl methyl sites for hydroxylation is 1. The number of nitrogens with one attached hydrogen (secondary N) is 1. The summed E-state index contributed by atoms with van der Waals surface area (Å²) in [6.07, 6.45) is 4.94. The van der Waals surface area contributed by atoms with Crippen LogP contribution in [0.15, 0.2) is 48.8 Å². The largest absolute Gasteiger partial charge is 0.397 e. The molecule has 1 radical (unpaired) electrons. The summed E-state index contributed by atoms with van der Waals surface area (Å²) in [7, 11) is 0. The van der Waals surface area contributed by atoms with Crippen molar-refractivity contribution in [3.63, 3.8) is 0 Å². The number of morpholine rings is 1. The van der Waals surface area contributed by atoms with Crippen LogP contribution in [0, 0.1) is 6.92 Å². The van der Waals surface area contributed by atoms with E-state index in [1.165, 1.54) is 6.20 Å². The summed E-state index contributed by atoms with van der Waals surface area (Å²) in [5.41, 5.74) is 12.0. The highest BCUT2D eigenvalue weighted by molar-refractivity contribution is 6.05. The average molecular weight is 427 g/mol. The van der Waals surface area contributed by atoms with Crippen molar-refractivity contribution in [2.75, 3.05) is 42.3 Å². The lowest BCUT2D eigenvalue weighted by molar-refractivity contribution is 0.0965. The highest BCUT2D eigenvalue weighted by Gasteiger charge is 2.23. The first-order valence-corrected chi connectivity index (χ1v) is 10.5. The van der Waals surface area contributed by atoms with Crippen molar-refractivity contribution >= 4 is 34.9 Å². The zero-order chi connectivity index (χ0) is 22.1. The molecular formula is C24H23N6O2. The Kier molecular flexibility index (Phi) is 5.20. The van der Waals surface area contributed by atoms with Gasteiger partial charge in [-0.1, -0.05) is 0 Å². The summed E-state index contributed by atoms with van der Waals surface area (Å²) in [6.45, 7) is 5.15. The van der Waals surface area contributed by atoms with Gasteiger partial charge in [-0.3, -0.25) is 9.78 Å². The van der Waals surface area contributed by atoms with E-state index in [1.54, 1.807) is 12.3 Å². The Morgan fingerprint density at radius 2 is 1.88 bits per heavy atom. The minimum absolute atomic E-state index is 0.324. The van der Waals surface area contributed by atoms with Crippen LogP contribution in [0.5, 0.6) is 0 Å². The highest BCUT2D eigenvalue weighted by Crippen LogP contribution is 2.31. The predicted molar refractivity (Wildman–Crippen MR) is 125 cm³/mol. The van der Waals surface area contributed by atoms with E-state index in [0.29, 0.717) is 28.5 Å². The van der Waals surface area contributed by atoms with Crippen molar-refractivity contribution in [2.45, 2.75) is 6.92 Å². The molecule has 8 heteroatoms. The van der Waals surface area contributed by atoms with E-state index in [4.69, 9.17) is 15.5 Å². The van der Waals surface area contributed by atoms with Crippen LogP contribution in [0.25, 0.3) is 17.5 Å². The number of nitrogen functional groups attached to an aromatic ring is 1. The molecule has 0 saturated carbocycles. The molecule has 3 aromatic rings. The number of carbonyl (C=O) groups excluding carboxylic acids is 1. The van der Waals surface area contributed by atoms with E-state index in [9.17, 15) is 4.79 Å². The Morgan fingerprint density at radius 1 is 1.09 bits per heavy atom. The van der Waals surface area contributed by atoms with Gasteiger partial charge in [0.15, 0.2) is 0 Å². The first kappa shape index (κ1) is 20.0. The summed E-state index contributed by atoms with van der Waals surface area (Å²) in [5.74, 6) is 0.126. The fourth-order valence-corrected chi connectivity index (χ4v) is 3.81. The van der Waals surface area contributed by atoms with Crippen LogP contribution in [0.3, 0.4) is 0 Å². The Morgan fingerprint density at radius 3 is 2.62 bits per heavy atom. The number of benzene rings is 1. The molecule has 0 unspecified atom stereocenters. The van der Waals surface area contributed by atoms with Gasteiger partial charge in [-0.15, -0.1) is 0 Å².